The highest BCUT2D eigenvalue weighted by molar-refractivity contribution is 6.39. The molecule has 0 bridgehead atoms. The second kappa shape index (κ2) is 10.2. The van der Waals surface area contributed by atoms with Crippen LogP contribution in [0, 0.1) is 0 Å². The number of pyridine rings is 1. The first-order valence-corrected chi connectivity index (χ1v) is 8.94. The summed E-state index contributed by atoms with van der Waals surface area (Å²) in [6.45, 7) is 2.88. The van der Waals surface area contributed by atoms with Crippen LogP contribution in [0.2, 0.25) is 0 Å². The molecule has 1 aromatic heterocycles. The number of unbranched alkanes of at least 4 members (excludes halogenated alkanes) is 1. The van der Waals surface area contributed by atoms with Crippen molar-refractivity contribution in [3.05, 3.63) is 48.2 Å². The topological polar surface area (TPSA) is 83.6 Å². The molecule has 0 aliphatic rings. The van der Waals surface area contributed by atoms with Gasteiger partial charge in [0.2, 0.25) is 0 Å². The number of anilines is 2. The van der Waals surface area contributed by atoms with Crippen molar-refractivity contribution in [1.82, 2.24) is 10.3 Å². The molecule has 2 rings (SSSR count). The van der Waals surface area contributed by atoms with Gasteiger partial charge in [-0.25, -0.2) is 4.98 Å². The van der Waals surface area contributed by atoms with Gasteiger partial charge in [-0.3, -0.25) is 9.59 Å². The van der Waals surface area contributed by atoms with Crippen molar-refractivity contribution in [1.29, 1.82) is 0 Å². The quantitative estimate of drug-likeness (QED) is 0.551. The van der Waals surface area contributed by atoms with Crippen molar-refractivity contribution in [2.75, 3.05) is 30.9 Å². The van der Waals surface area contributed by atoms with Crippen LogP contribution in [0.25, 0.3) is 0 Å². The lowest BCUT2D eigenvalue weighted by Crippen LogP contribution is -2.35. The molecule has 1 heterocycles. The molecule has 27 heavy (non-hydrogen) atoms. The van der Waals surface area contributed by atoms with Crippen LogP contribution in [0.4, 0.5) is 11.5 Å². The van der Waals surface area contributed by atoms with E-state index < -0.39 is 11.8 Å². The smallest absolute Gasteiger partial charge is 0.313 e. The van der Waals surface area contributed by atoms with Crippen LogP contribution >= 0.6 is 0 Å². The minimum Gasteiger partial charge on any atom is -0.491 e. The Labute approximate surface area is 159 Å². The lowest BCUT2D eigenvalue weighted by atomic mass is 10.2. The van der Waals surface area contributed by atoms with E-state index >= 15 is 0 Å². The second-order valence-corrected chi connectivity index (χ2v) is 6.25. The molecule has 7 nitrogen and oxygen atoms in total. The molecule has 0 spiro atoms. The number of aromatic nitrogens is 1. The third kappa shape index (κ3) is 6.29. The van der Waals surface area contributed by atoms with Crippen LogP contribution in [-0.4, -0.2) is 37.5 Å². The summed E-state index contributed by atoms with van der Waals surface area (Å²) in [5, 5.41) is 5.23. The zero-order valence-electron chi connectivity index (χ0n) is 16.0. The van der Waals surface area contributed by atoms with Crippen LogP contribution < -0.4 is 20.3 Å². The van der Waals surface area contributed by atoms with Crippen molar-refractivity contribution in [3.63, 3.8) is 0 Å². The predicted molar refractivity (Wildman–Crippen MR) is 106 cm³/mol. The Morgan fingerprint density at radius 1 is 1.15 bits per heavy atom. The van der Waals surface area contributed by atoms with Gasteiger partial charge < -0.3 is 20.3 Å². The number of rotatable bonds is 8. The molecule has 7 heteroatoms. The molecule has 144 valence electrons. The SMILES string of the molecule is CCCCOc1ccccc1NC(=O)C(=O)NCc1ccnc(N(C)C)c1. The number of para-hydroxylation sites is 2. The van der Waals surface area contributed by atoms with Crippen LogP contribution in [0.5, 0.6) is 5.75 Å². The number of carbonyl (C=O) groups excluding carboxylic acids is 2. The zero-order valence-corrected chi connectivity index (χ0v) is 16.0. The number of amides is 2. The predicted octanol–water partition coefficient (Wildman–Crippen LogP) is 2.58. The molecule has 0 radical (unpaired) electrons. The molecular weight excluding hydrogens is 344 g/mol. The molecule has 0 aliphatic carbocycles. The summed E-state index contributed by atoms with van der Waals surface area (Å²) >= 11 is 0. The van der Waals surface area contributed by atoms with Gasteiger partial charge in [-0.2, -0.15) is 0 Å². The van der Waals surface area contributed by atoms with E-state index in [0.29, 0.717) is 18.0 Å². The van der Waals surface area contributed by atoms with Crippen molar-refractivity contribution < 1.29 is 14.3 Å². The average molecular weight is 370 g/mol. The maximum absolute atomic E-state index is 12.2. The normalized spacial score (nSPS) is 10.2. The minimum atomic E-state index is -0.733. The van der Waals surface area contributed by atoms with Gasteiger partial charge in [-0.05, 0) is 36.2 Å². The van der Waals surface area contributed by atoms with Gasteiger partial charge in [0.05, 0.1) is 12.3 Å². The fourth-order valence-corrected chi connectivity index (χ4v) is 2.28. The zero-order chi connectivity index (χ0) is 19.6. The molecule has 2 amide bonds. The Bertz CT molecular complexity index is 777. The molecular formula is C20H26N4O3. The fraction of sp³-hybridized carbons (Fsp3) is 0.350. The maximum Gasteiger partial charge on any atom is 0.313 e. The number of hydrogen-bond donors (Lipinski definition) is 2. The van der Waals surface area contributed by atoms with Crippen LogP contribution in [0.1, 0.15) is 25.3 Å². The number of carbonyl (C=O) groups is 2. The van der Waals surface area contributed by atoms with Crippen molar-refractivity contribution in [3.8, 4) is 5.75 Å². The molecule has 0 atom stereocenters. The summed E-state index contributed by atoms with van der Waals surface area (Å²) < 4.78 is 5.67. The van der Waals surface area contributed by atoms with E-state index in [0.717, 1.165) is 24.2 Å². The molecule has 0 saturated heterocycles. The Morgan fingerprint density at radius 3 is 2.67 bits per heavy atom. The molecule has 0 unspecified atom stereocenters. The summed E-state index contributed by atoms with van der Waals surface area (Å²) in [5.74, 6) is -0.105. The summed E-state index contributed by atoms with van der Waals surface area (Å²) in [6.07, 6.45) is 3.60. The number of hydrogen-bond acceptors (Lipinski definition) is 5. The third-order valence-electron chi connectivity index (χ3n) is 3.82. The first-order chi connectivity index (χ1) is 13.0. The third-order valence-corrected chi connectivity index (χ3v) is 3.82. The van der Waals surface area contributed by atoms with E-state index in [9.17, 15) is 9.59 Å². The van der Waals surface area contributed by atoms with E-state index in [1.54, 1.807) is 30.5 Å². The minimum absolute atomic E-state index is 0.240. The van der Waals surface area contributed by atoms with Gasteiger partial charge in [0.25, 0.3) is 0 Å². The summed E-state index contributed by atoms with van der Waals surface area (Å²) in [6, 6.07) is 10.7. The Balaban J connectivity index is 1.92. The highest BCUT2D eigenvalue weighted by Gasteiger charge is 2.15. The van der Waals surface area contributed by atoms with Gasteiger partial charge >= 0.3 is 11.8 Å². The van der Waals surface area contributed by atoms with E-state index in [1.807, 2.05) is 31.1 Å². The van der Waals surface area contributed by atoms with E-state index in [4.69, 9.17) is 4.74 Å². The number of nitrogens with one attached hydrogen (secondary N) is 2. The number of ether oxygens (including phenoxy) is 1. The molecule has 0 fully saturated rings. The van der Waals surface area contributed by atoms with Crippen molar-refractivity contribution in [2.45, 2.75) is 26.3 Å². The molecule has 2 aromatic rings. The fourth-order valence-electron chi connectivity index (χ4n) is 2.28. The molecule has 0 aliphatic heterocycles. The van der Waals surface area contributed by atoms with E-state index in [-0.39, 0.29) is 6.54 Å². The standard InChI is InChI=1S/C20H26N4O3/c1-4-5-12-27-17-9-7-6-8-16(17)23-20(26)19(25)22-14-15-10-11-21-18(13-15)24(2)3/h6-11,13H,4-5,12,14H2,1-3H3,(H,22,25)(H,23,26). The van der Waals surface area contributed by atoms with Gasteiger partial charge in [-0.1, -0.05) is 25.5 Å². The highest BCUT2D eigenvalue weighted by atomic mass is 16.5. The van der Waals surface area contributed by atoms with Crippen molar-refractivity contribution in [2.24, 2.45) is 0 Å². The summed E-state index contributed by atoms with van der Waals surface area (Å²) in [5.41, 5.74) is 1.34. The van der Waals surface area contributed by atoms with Gasteiger partial charge in [-0.15, -0.1) is 0 Å². The second-order valence-electron chi connectivity index (χ2n) is 6.25. The van der Waals surface area contributed by atoms with Crippen molar-refractivity contribution >= 4 is 23.3 Å². The highest BCUT2D eigenvalue weighted by Crippen LogP contribution is 2.23. The van der Waals surface area contributed by atoms with E-state index in [2.05, 4.69) is 22.5 Å². The lowest BCUT2D eigenvalue weighted by Gasteiger charge is -2.13. The van der Waals surface area contributed by atoms with Crippen LogP contribution in [-0.2, 0) is 16.1 Å². The number of benzene rings is 1. The average Bonchev–Trinajstić information content (AvgIpc) is 2.67. The molecule has 1 aromatic carbocycles. The largest absolute Gasteiger partial charge is 0.491 e. The van der Waals surface area contributed by atoms with Gasteiger partial charge in [0.15, 0.2) is 0 Å². The number of nitrogens with zero attached hydrogens (tertiary/aromatic N) is 2. The first-order valence-electron chi connectivity index (χ1n) is 8.94. The maximum atomic E-state index is 12.2. The Kier molecular flexibility index (Phi) is 7.61. The van der Waals surface area contributed by atoms with Crippen LogP contribution in [0.15, 0.2) is 42.6 Å². The first kappa shape index (κ1) is 20.2. The van der Waals surface area contributed by atoms with Crippen LogP contribution in [0.3, 0.4) is 0 Å². The van der Waals surface area contributed by atoms with E-state index in [1.165, 1.54) is 0 Å². The Hall–Kier alpha value is -3.09. The molecule has 0 saturated carbocycles. The van der Waals surface area contributed by atoms with Gasteiger partial charge in [0.1, 0.15) is 11.6 Å². The monoisotopic (exact) mass is 370 g/mol. The Morgan fingerprint density at radius 2 is 1.93 bits per heavy atom. The summed E-state index contributed by atoms with van der Waals surface area (Å²) in [4.78, 5) is 30.4. The summed E-state index contributed by atoms with van der Waals surface area (Å²) in [7, 11) is 3.77. The van der Waals surface area contributed by atoms with Gasteiger partial charge in [0, 0.05) is 26.8 Å². The lowest BCUT2D eigenvalue weighted by molar-refractivity contribution is -0.136. The molecule has 2 N–H and O–H groups in total.